The maximum atomic E-state index is 11.8. The Kier molecular flexibility index (Phi) is 4.18. The number of cyclic esters (lactones) is 2. The minimum atomic E-state index is -0.490. The summed E-state index contributed by atoms with van der Waals surface area (Å²) >= 11 is 0. The molecule has 134 valence electrons. The van der Waals surface area contributed by atoms with Gasteiger partial charge in [-0.25, -0.2) is 14.6 Å². The Balaban J connectivity index is 1.50. The maximum Gasteiger partial charge on any atom is 0.415 e. The van der Waals surface area contributed by atoms with E-state index in [-0.39, 0.29) is 12.7 Å². The maximum absolute atomic E-state index is 11.8. The van der Waals surface area contributed by atoms with Gasteiger partial charge in [-0.15, -0.1) is 0 Å². The predicted octanol–water partition coefficient (Wildman–Crippen LogP) is 2.02. The Morgan fingerprint density at radius 3 is 2.38 bits per heavy atom. The van der Waals surface area contributed by atoms with Crippen LogP contribution in [-0.4, -0.2) is 54.7 Å². The molecule has 0 aliphatic carbocycles. The molecule has 2 saturated heterocycles. The topological polar surface area (TPSA) is 92.2 Å². The first-order valence-electron chi connectivity index (χ1n) is 8.25. The Bertz CT molecular complexity index is 822. The van der Waals surface area contributed by atoms with Crippen LogP contribution in [-0.2, 0) is 9.47 Å². The highest BCUT2D eigenvalue weighted by Crippen LogP contribution is 2.27. The number of hydrogen-bond donors (Lipinski definition) is 1. The van der Waals surface area contributed by atoms with Crippen molar-refractivity contribution < 1.29 is 24.2 Å². The van der Waals surface area contributed by atoms with E-state index in [0.29, 0.717) is 31.2 Å². The van der Waals surface area contributed by atoms with Gasteiger partial charge in [-0.1, -0.05) is 12.1 Å². The van der Waals surface area contributed by atoms with Crippen LogP contribution in [0.4, 0.5) is 21.1 Å². The lowest BCUT2D eigenvalue weighted by molar-refractivity contribution is 0.0963. The van der Waals surface area contributed by atoms with Gasteiger partial charge in [0.25, 0.3) is 0 Å². The second-order valence-electron chi connectivity index (χ2n) is 6.02. The number of aromatic nitrogens is 1. The molecule has 1 aromatic heterocycles. The summed E-state index contributed by atoms with van der Waals surface area (Å²) in [5.74, 6) is 0.558. The van der Waals surface area contributed by atoms with Gasteiger partial charge >= 0.3 is 12.2 Å². The van der Waals surface area contributed by atoms with Gasteiger partial charge in [0.05, 0.1) is 19.7 Å². The van der Waals surface area contributed by atoms with Crippen LogP contribution < -0.4 is 9.80 Å². The number of nitrogens with zero attached hydrogens (tertiary/aromatic N) is 3. The molecule has 2 aliphatic heterocycles. The summed E-state index contributed by atoms with van der Waals surface area (Å²) in [7, 11) is 0. The quantitative estimate of drug-likeness (QED) is 0.902. The van der Waals surface area contributed by atoms with Crippen molar-refractivity contribution in [3.05, 3.63) is 42.6 Å². The molecule has 8 heteroatoms. The largest absolute Gasteiger partial charge is 0.447 e. The molecule has 1 atom stereocenters. The second kappa shape index (κ2) is 6.64. The van der Waals surface area contributed by atoms with E-state index in [9.17, 15) is 9.59 Å². The minimum absolute atomic E-state index is 0.192. The third-order valence-corrected chi connectivity index (χ3v) is 4.38. The fourth-order valence-corrected chi connectivity index (χ4v) is 2.98. The van der Waals surface area contributed by atoms with Crippen LogP contribution >= 0.6 is 0 Å². The normalized spacial score (nSPS) is 19.7. The Labute approximate surface area is 149 Å². The number of benzene rings is 1. The average Bonchev–Trinajstić information content (AvgIpc) is 3.27. The highest BCUT2D eigenvalue weighted by Gasteiger charge is 2.31. The molecule has 0 saturated carbocycles. The molecule has 3 heterocycles. The Hall–Kier alpha value is -3.13. The predicted molar refractivity (Wildman–Crippen MR) is 93.1 cm³/mol. The number of aliphatic hydroxyl groups is 1. The number of anilines is 2. The van der Waals surface area contributed by atoms with Gasteiger partial charge in [0, 0.05) is 17.4 Å². The molecule has 2 amide bonds. The first kappa shape index (κ1) is 16.3. The molecular formula is C18H17N3O5. The van der Waals surface area contributed by atoms with Crippen molar-refractivity contribution in [1.29, 1.82) is 0 Å². The van der Waals surface area contributed by atoms with Gasteiger partial charge in [-0.05, 0) is 29.8 Å². The van der Waals surface area contributed by atoms with Gasteiger partial charge in [0.2, 0.25) is 0 Å². The van der Waals surface area contributed by atoms with Crippen molar-refractivity contribution in [2.75, 3.05) is 36.1 Å². The van der Waals surface area contributed by atoms with Crippen LogP contribution in [0.5, 0.6) is 0 Å². The molecule has 0 spiro atoms. The lowest BCUT2D eigenvalue weighted by Gasteiger charge is -2.14. The molecule has 2 aliphatic rings. The summed E-state index contributed by atoms with van der Waals surface area (Å²) in [4.78, 5) is 30.7. The fraction of sp³-hybridized carbons (Fsp3) is 0.278. The zero-order valence-corrected chi connectivity index (χ0v) is 13.9. The first-order chi connectivity index (χ1) is 12.7. The molecule has 2 aromatic rings. The molecule has 8 nitrogen and oxygen atoms in total. The lowest BCUT2D eigenvalue weighted by Crippen LogP contribution is -2.25. The minimum Gasteiger partial charge on any atom is -0.447 e. The van der Waals surface area contributed by atoms with Crippen molar-refractivity contribution in [2.45, 2.75) is 6.10 Å². The molecule has 0 radical (unpaired) electrons. The second-order valence-corrected chi connectivity index (χ2v) is 6.02. The molecule has 1 aromatic carbocycles. The number of carbonyl (C=O) groups excluding carboxylic acids is 2. The average molecular weight is 355 g/mol. The highest BCUT2D eigenvalue weighted by molar-refractivity contribution is 5.90. The molecule has 0 unspecified atom stereocenters. The monoisotopic (exact) mass is 355 g/mol. The molecule has 2 fully saturated rings. The first-order valence-corrected chi connectivity index (χ1v) is 8.25. The summed E-state index contributed by atoms with van der Waals surface area (Å²) in [6.07, 6.45) is 0.367. The standard InChI is InChI=1S/C18H17N3O5/c22-11-15-10-21(18(24)26-15)14-4-1-12(2-5-14)13-3-6-16(19-9-13)20-7-8-25-17(20)23/h1-6,9,15,22H,7-8,10-11H2/t15-/m1/s1. The number of aliphatic hydroxyl groups excluding tert-OH is 1. The molecular weight excluding hydrogens is 338 g/mol. The number of pyridine rings is 1. The van der Waals surface area contributed by atoms with E-state index in [1.807, 2.05) is 30.3 Å². The van der Waals surface area contributed by atoms with Gasteiger partial charge in [0.1, 0.15) is 18.5 Å². The summed E-state index contributed by atoms with van der Waals surface area (Å²) in [5.41, 5.74) is 2.53. The van der Waals surface area contributed by atoms with Gasteiger partial charge in [-0.3, -0.25) is 9.80 Å². The van der Waals surface area contributed by atoms with E-state index in [4.69, 9.17) is 14.6 Å². The van der Waals surface area contributed by atoms with E-state index in [0.717, 1.165) is 11.1 Å². The molecule has 1 N–H and O–H groups in total. The third kappa shape index (κ3) is 2.95. The third-order valence-electron chi connectivity index (χ3n) is 4.38. The van der Waals surface area contributed by atoms with Gasteiger partial charge in [0.15, 0.2) is 0 Å². The van der Waals surface area contributed by atoms with Crippen LogP contribution in [0.3, 0.4) is 0 Å². The number of ether oxygens (including phenoxy) is 2. The zero-order chi connectivity index (χ0) is 18.1. The number of carbonyl (C=O) groups is 2. The number of hydrogen-bond acceptors (Lipinski definition) is 6. The van der Waals surface area contributed by atoms with Crippen LogP contribution in [0.1, 0.15) is 0 Å². The number of amides is 2. The highest BCUT2D eigenvalue weighted by atomic mass is 16.6. The Morgan fingerprint density at radius 2 is 1.81 bits per heavy atom. The number of rotatable bonds is 4. The van der Waals surface area contributed by atoms with Crippen LogP contribution in [0.2, 0.25) is 0 Å². The van der Waals surface area contributed by atoms with Crippen LogP contribution in [0.25, 0.3) is 11.1 Å². The van der Waals surface area contributed by atoms with Crippen molar-refractivity contribution in [3.8, 4) is 11.1 Å². The van der Waals surface area contributed by atoms with Crippen molar-refractivity contribution >= 4 is 23.7 Å². The van der Waals surface area contributed by atoms with Gasteiger partial charge in [-0.2, -0.15) is 0 Å². The van der Waals surface area contributed by atoms with E-state index in [1.165, 1.54) is 9.80 Å². The van der Waals surface area contributed by atoms with Crippen LogP contribution in [0, 0.1) is 0 Å². The molecule has 0 bridgehead atoms. The Morgan fingerprint density at radius 1 is 1.04 bits per heavy atom. The van der Waals surface area contributed by atoms with Gasteiger partial charge < -0.3 is 14.6 Å². The van der Waals surface area contributed by atoms with E-state index >= 15 is 0 Å². The SMILES string of the molecule is O=C1O[C@@H](CO)CN1c1ccc(-c2ccc(N3CCOC3=O)nc2)cc1. The van der Waals surface area contributed by atoms with E-state index < -0.39 is 12.2 Å². The summed E-state index contributed by atoms with van der Waals surface area (Å²) < 4.78 is 9.96. The molecule has 4 rings (SSSR count). The van der Waals surface area contributed by atoms with E-state index in [1.54, 1.807) is 12.3 Å². The zero-order valence-electron chi connectivity index (χ0n) is 13.9. The summed E-state index contributed by atoms with van der Waals surface area (Å²) in [6, 6.07) is 11.1. The lowest BCUT2D eigenvalue weighted by atomic mass is 10.1. The summed E-state index contributed by atoms with van der Waals surface area (Å²) in [6.45, 7) is 1.01. The smallest absolute Gasteiger partial charge is 0.415 e. The molecule has 26 heavy (non-hydrogen) atoms. The fourth-order valence-electron chi connectivity index (χ4n) is 2.98. The van der Waals surface area contributed by atoms with Crippen molar-refractivity contribution in [3.63, 3.8) is 0 Å². The van der Waals surface area contributed by atoms with Crippen molar-refractivity contribution in [1.82, 2.24) is 4.98 Å². The van der Waals surface area contributed by atoms with E-state index in [2.05, 4.69) is 4.98 Å². The summed E-state index contributed by atoms with van der Waals surface area (Å²) in [5, 5.41) is 9.12. The van der Waals surface area contributed by atoms with Crippen LogP contribution in [0.15, 0.2) is 42.6 Å². The van der Waals surface area contributed by atoms with Crippen molar-refractivity contribution in [2.24, 2.45) is 0 Å².